The van der Waals surface area contributed by atoms with E-state index in [1.54, 1.807) is 0 Å². The topological polar surface area (TPSA) is 64.4 Å². The molecule has 0 aromatic carbocycles. The van der Waals surface area contributed by atoms with E-state index >= 15 is 0 Å². The zero-order chi connectivity index (χ0) is 13.6. The molecule has 4 nitrogen and oxygen atoms in total. The van der Waals surface area contributed by atoms with Crippen LogP contribution < -0.4 is 11.1 Å². The lowest BCUT2D eigenvalue weighted by molar-refractivity contribution is -0.141. The van der Waals surface area contributed by atoms with Gasteiger partial charge >= 0.3 is 0 Å². The van der Waals surface area contributed by atoms with Crippen LogP contribution in [0.25, 0.3) is 0 Å². The highest BCUT2D eigenvalue weighted by molar-refractivity contribution is 5.85. The molecular formula is C15H27ClN2O2. The van der Waals surface area contributed by atoms with Gasteiger partial charge in [-0.15, -0.1) is 12.4 Å². The van der Waals surface area contributed by atoms with Gasteiger partial charge in [0.25, 0.3) is 0 Å². The van der Waals surface area contributed by atoms with Crippen LogP contribution in [0.4, 0.5) is 0 Å². The standard InChI is InChI=1S/C15H26N2O2.ClH/c1-15(2)12(11-6-7-19-13(11)15)17-14(18)9-4-3-5-10(16)8-9;/h9-13H,3-8,16H2,1-2H3,(H,17,18);1H. The Morgan fingerprint density at radius 2 is 2.05 bits per heavy atom. The molecule has 0 aromatic heterocycles. The Morgan fingerprint density at radius 1 is 1.30 bits per heavy atom. The predicted octanol–water partition coefficient (Wildman–Crippen LogP) is 1.86. The first-order valence-electron chi connectivity index (χ1n) is 7.67. The lowest BCUT2D eigenvalue weighted by Crippen LogP contribution is -2.67. The minimum absolute atomic E-state index is 0. The van der Waals surface area contributed by atoms with Gasteiger partial charge in [-0.1, -0.05) is 20.3 Å². The van der Waals surface area contributed by atoms with Gasteiger partial charge in [0.15, 0.2) is 0 Å². The Bertz CT molecular complexity index is 375. The highest BCUT2D eigenvalue weighted by Crippen LogP contribution is 2.52. The summed E-state index contributed by atoms with van der Waals surface area (Å²) in [6, 6.07) is 0.493. The third-order valence-electron chi connectivity index (χ3n) is 5.48. The maximum absolute atomic E-state index is 12.4. The van der Waals surface area contributed by atoms with Gasteiger partial charge < -0.3 is 15.8 Å². The van der Waals surface area contributed by atoms with Crippen LogP contribution in [-0.2, 0) is 9.53 Å². The number of hydrogen-bond donors (Lipinski definition) is 2. The fourth-order valence-corrected chi connectivity index (χ4v) is 4.35. The van der Waals surface area contributed by atoms with E-state index in [0.717, 1.165) is 38.7 Å². The fourth-order valence-electron chi connectivity index (χ4n) is 4.35. The highest BCUT2D eigenvalue weighted by Gasteiger charge is 2.59. The average Bonchev–Trinajstić information content (AvgIpc) is 2.82. The van der Waals surface area contributed by atoms with E-state index in [1.807, 2.05) is 0 Å². The van der Waals surface area contributed by atoms with Crippen LogP contribution in [0.1, 0.15) is 46.0 Å². The van der Waals surface area contributed by atoms with Gasteiger partial charge in [-0.25, -0.2) is 0 Å². The van der Waals surface area contributed by atoms with E-state index < -0.39 is 0 Å². The lowest BCUT2D eigenvalue weighted by atomic mass is 9.57. The van der Waals surface area contributed by atoms with Gasteiger partial charge in [-0.3, -0.25) is 4.79 Å². The van der Waals surface area contributed by atoms with Crippen molar-refractivity contribution in [1.29, 1.82) is 0 Å². The van der Waals surface area contributed by atoms with Crippen LogP contribution in [0.5, 0.6) is 0 Å². The second-order valence-corrected chi connectivity index (χ2v) is 7.18. The summed E-state index contributed by atoms with van der Waals surface area (Å²) < 4.78 is 5.77. The third-order valence-corrected chi connectivity index (χ3v) is 5.48. The van der Waals surface area contributed by atoms with Crippen molar-refractivity contribution in [3.63, 3.8) is 0 Å². The Hall–Kier alpha value is -0.320. The number of hydrogen-bond acceptors (Lipinski definition) is 3. The van der Waals surface area contributed by atoms with Gasteiger partial charge in [-0.2, -0.15) is 0 Å². The van der Waals surface area contributed by atoms with Crippen LogP contribution in [0.3, 0.4) is 0 Å². The van der Waals surface area contributed by atoms with E-state index in [1.165, 1.54) is 0 Å². The summed E-state index contributed by atoms with van der Waals surface area (Å²) in [7, 11) is 0. The molecule has 1 amide bonds. The normalized spacial score (nSPS) is 42.0. The molecule has 0 spiro atoms. The molecule has 3 rings (SSSR count). The van der Waals surface area contributed by atoms with Crippen molar-refractivity contribution in [2.24, 2.45) is 23.0 Å². The van der Waals surface area contributed by atoms with Crippen molar-refractivity contribution in [2.75, 3.05) is 6.61 Å². The van der Waals surface area contributed by atoms with Gasteiger partial charge in [0.2, 0.25) is 5.91 Å². The number of carbonyl (C=O) groups is 1. The Labute approximate surface area is 127 Å². The van der Waals surface area contributed by atoms with Gasteiger partial charge in [0.1, 0.15) is 0 Å². The van der Waals surface area contributed by atoms with Crippen molar-refractivity contribution in [2.45, 2.75) is 64.1 Å². The van der Waals surface area contributed by atoms with Crippen molar-refractivity contribution in [3.05, 3.63) is 0 Å². The van der Waals surface area contributed by atoms with E-state index in [4.69, 9.17) is 10.5 Å². The molecule has 5 heteroatoms. The lowest BCUT2D eigenvalue weighted by Gasteiger charge is -2.54. The Morgan fingerprint density at radius 3 is 2.75 bits per heavy atom. The molecule has 0 bridgehead atoms. The molecule has 5 unspecified atom stereocenters. The highest BCUT2D eigenvalue weighted by atomic mass is 35.5. The number of halogens is 1. The Kier molecular flexibility index (Phi) is 4.67. The fraction of sp³-hybridized carbons (Fsp3) is 0.933. The molecule has 2 aliphatic carbocycles. The molecule has 116 valence electrons. The molecule has 3 aliphatic rings. The summed E-state index contributed by atoms with van der Waals surface area (Å²) >= 11 is 0. The van der Waals surface area contributed by atoms with Gasteiger partial charge in [-0.05, 0) is 25.7 Å². The number of nitrogens with one attached hydrogen (secondary N) is 1. The predicted molar refractivity (Wildman–Crippen MR) is 80.7 cm³/mol. The summed E-state index contributed by atoms with van der Waals surface area (Å²) in [5.74, 6) is 0.871. The summed E-state index contributed by atoms with van der Waals surface area (Å²) in [5.41, 5.74) is 6.06. The maximum Gasteiger partial charge on any atom is 0.223 e. The summed E-state index contributed by atoms with van der Waals surface area (Å²) in [6.45, 7) is 5.26. The first-order chi connectivity index (χ1) is 9.00. The van der Waals surface area contributed by atoms with E-state index in [2.05, 4.69) is 19.2 Å². The number of amides is 1. The molecule has 3 fully saturated rings. The molecule has 20 heavy (non-hydrogen) atoms. The van der Waals surface area contributed by atoms with Gasteiger partial charge in [0.05, 0.1) is 6.10 Å². The molecular weight excluding hydrogens is 276 g/mol. The zero-order valence-electron chi connectivity index (χ0n) is 12.4. The average molecular weight is 303 g/mol. The minimum atomic E-state index is 0. The second kappa shape index (κ2) is 5.82. The van der Waals surface area contributed by atoms with Crippen LogP contribution in [0, 0.1) is 17.3 Å². The zero-order valence-corrected chi connectivity index (χ0v) is 13.2. The number of nitrogens with two attached hydrogens (primary N) is 1. The number of fused-ring (bicyclic) bond motifs is 1. The second-order valence-electron chi connectivity index (χ2n) is 7.18. The van der Waals surface area contributed by atoms with Crippen molar-refractivity contribution in [1.82, 2.24) is 5.32 Å². The summed E-state index contributed by atoms with van der Waals surface area (Å²) in [4.78, 5) is 12.4. The first kappa shape index (κ1) is 16.1. The number of ether oxygens (including phenoxy) is 1. The van der Waals surface area contributed by atoms with E-state index in [9.17, 15) is 4.79 Å². The molecule has 1 heterocycles. The van der Waals surface area contributed by atoms with Crippen LogP contribution in [-0.4, -0.2) is 30.7 Å². The minimum Gasteiger partial charge on any atom is -0.377 e. The number of carbonyl (C=O) groups excluding carboxylic acids is 1. The monoisotopic (exact) mass is 302 g/mol. The summed E-state index contributed by atoms with van der Waals surface area (Å²) in [6.07, 6.45) is 5.43. The van der Waals surface area contributed by atoms with Crippen LogP contribution >= 0.6 is 12.4 Å². The van der Waals surface area contributed by atoms with Crippen molar-refractivity contribution in [3.8, 4) is 0 Å². The summed E-state index contributed by atoms with van der Waals surface area (Å²) in [5, 5.41) is 3.29. The third kappa shape index (κ3) is 2.58. The SMILES string of the molecule is CC1(C)C(NC(=O)C2CCCC(N)C2)C2CCOC21.Cl. The Balaban J connectivity index is 0.00000147. The molecule has 2 saturated carbocycles. The number of rotatable bonds is 2. The molecule has 5 atom stereocenters. The van der Waals surface area contributed by atoms with E-state index in [-0.39, 0.29) is 41.7 Å². The van der Waals surface area contributed by atoms with E-state index in [0.29, 0.717) is 12.0 Å². The largest absolute Gasteiger partial charge is 0.377 e. The molecule has 3 N–H and O–H groups in total. The molecule has 0 radical (unpaired) electrons. The first-order valence-corrected chi connectivity index (χ1v) is 7.67. The molecule has 1 saturated heterocycles. The van der Waals surface area contributed by atoms with Crippen LogP contribution in [0.2, 0.25) is 0 Å². The quantitative estimate of drug-likeness (QED) is 0.818. The molecule has 1 aliphatic heterocycles. The van der Waals surface area contributed by atoms with Gasteiger partial charge in [0, 0.05) is 35.9 Å². The van der Waals surface area contributed by atoms with Crippen molar-refractivity contribution >= 4 is 18.3 Å². The maximum atomic E-state index is 12.4. The van der Waals surface area contributed by atoms with Crippen LogP contribution in [0.15, 0.2) is 0 Å². The van der Waals surface area contributed by atoms with Crippen molar-refractivity contribution < 1.29 is 9.53 Å². The smallest absolute Gasteiger partial charge is 0.223 e. The molecule has 0 aromatic rings.